The minimum absolute atomic E-state index is 0.0311. The summed E-state index contributed by atoms with van der Waals surface area (Å²) in [5.74, 6) is 0.979. The maximum atomic E-state index is 12.9. The molecule has 1 aromatic carbocycles. The van der Waals surface area contributed by atoms with Crippen LogP contribution in [0.15, 0.2) is 42.7 Å². The Balaban J connectivity index is 1.67. The summed E-state index contributed by atoms with van der Waals surface area (Å²) in [4.78, 5) is 21.6. The number of benzene rings is 1. The van der Waals surface area contributed by atoms with E-state index in [-0.39, 0.29) is 11.9 Å². The van der Waals surface area contributed by atoms with Crippen molar-refractivity contribution in [1.82, 2.24) is 19.9 Å². The number of nitrogens with one attached hydrogen (secondary N) is 2. The van der Waals surface area contributed by atoms with Gasteiger partial charge in [-0.3, -0.25) is 9.78 Å². The lowest BCUT2D eigenvalue weighted by Crippen LogP contribution is -2.35. The summed E-state index contributed by atoms with van der Waals surface area (Å²) in [7, 11) is 0. The first-order valence-electron chi connectivity index (χ1n) is 9.53. The van der Waals surface area contributed by atoms with Crippen LogP contribution in [0.2, 0.25) is 0 Å². The molecule has 142 valence electrons. The molecule has 0 unspecified atom stereocenters. The van der Waals surface area contributed by atoms with E-state index in [1.54, 1.807) is 6.20 Å². The predicted octanol–water partition coefficient (Wildman–Crippen LogP) is 3.48. The molecule has 0 aliphatic rings. The zero-order chi connectivity index (χ0) is 19.2. The van der Waals surface area contributed by atoms with Crippen LogP contribution in [0.4, 0.5) is 5.69 Å². The Morgan fingerprint density at radius 2 is 2.00 bits per heavy atom. The molecule has 0 bridgehead atoms. The quantitative estimate of drug-likeness (QED) is 0.600. The van der Waals surface area contributed by atoms with Gasteiger partial charge in [-0.05, 0) is 37.1 Å². The van der Waals surface area contributed by atoms with Crippen molar-refractivity contribution < 1.29 is 4.79 Å². The summed E-state index contributed by atoms with van der Waals surface area (Å²) in [6.07, 6.45) is 5.10. The molecule has 1 atom stereocenters. The molecule has 2 heterocycles. The molecule has 1 amide bonds. The topological polar surface area (TPSA) is 71.8 Å². The largest absolute Gasteiger partial charge is 0.383 e. The molecule has 3 rings (SSSR count). The highest BCUT2D eigenvalue weighted by molar-refractivity contribution is 5.84. The highest BCUT2D eigenvalue weighted by Crippen LogP contribution is 2.24. The van der Waals surface area contributed by atoms with Crippen molar-refractivity contribution in [1.29, 1.82) is 0 Å². The number of pyridine rings is 1. The van der Waals surface area contributed by atoms with Crippen molar-refractivity contribution in [3.8, 4) is 0 Å². The van der Waals surface area contributed by atoms with E-state index in [1.165, 1.54) is 0 Å². The minimum atomic E-state index is -0.255. The molecule has 0 saturated heterocycles. The lowest BCUT2D eigenvalue weighted by atomic mass is 10.2. The molecule has 6 nitrogen and oxygen atoms in total. The van der Waals surface area contributed by atoms with E-state index in [0.29, 0.717) is 13.1 Å². The van der Waals surface area contributed by atoms with Crippen LogP contribution in [0.1, 0.15) is 37.7 Å². The number of anilines is 1. The number of rotatable bonds is 8. The van der Waals surface area contributed by atoms with Crippen LogP contribution in [0.25, 0.3) is 11.0 Å². The number of hydrogen-bond acceptors (Lipinski definition) is 4. The van der Waals surface area contributed by atoms with Crippen LogP contribution in [0, 0.1) is 6.92 Å². The van der Waals surface area contributed by atoms with Gasteiger partial charge < -0.3 is 15.2 Å². The fourth-order valence-corrected chi connectivity index (χ4v) is 3.35. The van der Waals surface area contributed by atoms with Gasteiger partial charge in [0, 0.05) is 37.6 Å². The van der Waals surface area contributed by atoms with Gasteiger partial charge >= 0.3 is 0 Å². The number of carbonyl (C=O) groups is 1. The number of para-hydroxylation sites is 2. The number of aromatic nitrogens is 3. The number of imidazole rings is 1. The number of fused-ring (bicyclic) bond motifs is 1. The minimum Gasteiger partial charge on any atom is -0.383 e. The maximum absolute atomic E-state index is 12.9. The third-order valence-electron chi connectivity index (χ3n) is 4.75. The molecule has 0 radical (unpaired) electrons. The van der Waals surface area contributed by atoms with E-state index >= 15 is 0 Å². The van der Waals surface area contributed by atoms with Gasteiger partial charge in [0.05, 0.1) is 11.0 Å². The summed E-state index contributed by atoms with van der Waals surface area (Å²) in [5.41, 5.74) is 4.09. The molecule has 3 aromatic rings. The molecule has 0 spiro atoms. The second-order valence-corrected chi connectivity index (χ2v) is 6.57. The van der Waals surface area contributed by atoms with Crippen LogP contribution in [0.5, 0.6) is 0 Å². The first-order valence-corrected chi connectivity index (χ1v) is 9.53. The van der Waals surface area contributed by atoms with Crippen molar-refractivity contribution in [2.75, 3.05) is 18.4 Å². The van der Waals surface area contributed by atoms with E-state index in [2.05, 4.69) is 27.1 Å². The second kappa shape index (κ2) is 8.66. The van der Waals surface area contributed by atoms with Gasteiger partial charge in [0.15, 0.2) is 0 Å². The second-order valence-electron chi connectivity index (χ2n) is 6.57. The highest BCUT2D eigenvalue weighted by atomic mass is 16.2. The van der Waals surface area contributed by atoms with Crippen molar-refractivity contribution in [2.24, 2.45) is 0 Å². The van der Waals surface area contributed by atoms with Crippen LogP contribution < -0.4 is 10.6 Å². The Labute approximate surface area is 160 Å². The Morgan fingerprint density at radius 3 is 2.74 bits per heavy atom. The van der Waals surface area contributed by atoms with E-state index in [0.717, 1.165) is 41.0 Å². The molecule has 2 aromatic heterocycles. The van der Waals surface area contributed by atoms with Gasteiger partial charge in [0.2, 0.25) is 5.91 Å². The third kappa shape index (κ3) is 4.10. The van der Waals surface area contributed by atoms with Crippen LogP contribution >= 0.6 is 0 Å². The lowest BCUT2D eigenvalue weighted by Gasteiger charge is -2.20. The molecule has 0 saturated carbocycles. The summed E-state index contributed by atoms with van der Waals surface area (Å²) in [6, 6.07) is 9.69. The summed E-state index contributed by atoms with van der Waals surface area (Å²) in [6.45, 7) is 7.35. The fourth-order valence-electron chi connectivity index (χ4n) is 3.35. The third-order valence-corrected chi connectivity index (χ3v) is 4.75. The number of carbonyl (C=O) groups excluding carboxylic acids is 1. The number of hydrogen-bond donors (Lipinski definition) is 2. The zero-order valence-corrected chi connectivity index (χ0v) is 16.2. The first-order chi connectivity index (χ1) is 13.2. The Hall–Kier alpha value is -2.89. The Morgan fingerprint density at radius 1 is 1.19 bits per heavy atom. The zero-order valence-electron chi connectivity index (χ0n) is 16.2. The molecule has 0 aliphatic carbocycles. The molecular weight excluding hydrogens is 338 g/mol. The van der Waals surface area contributed by atoms with Gasteiger partial charge in [0.1, 0.15) is 11.9 Å². The van der Waals surface area contributed by atoms with Crippen LogP contribution in [-0.4, -0.2) is 33.5 Å². The average molecular weight is 365 g/mol. The Kier molecular flexibility index (Phi) is 6.06. The van der Waals surface area contributed by atoms with Gasteiger partial charge in [-0.15, -0.1) is 0 Å². The average Bonchev–Trinajstić information content (AvgIpc) is 3.06. The predicted molar refractivity (Wildman–Crippen MR) is 109 cm³/mol. The van der Waals surface area contributed by atoms with Gasteiger partial charge in [-0.1, -0.05) is 26.0 Å². The monoisotopic (exact) mass is 365 g/mol. The van der Waals surface area contributed by atoms with Crippen molar-refractivity contribution in [2.45, 2.75) is 39.7 Å². The highest BCUT2D eigenvalue weighted by Gasteiger charge is 2.23. The van der Waals surface area contributed by atoms with E-state index < -0.39 is 0 Å². The van der Waals surface area contributed by atoms with E-state index in [9.17, 15) is 4.79 Å². The van der Waals surface area contributed by atoms with E-state index in [4.69, 9.17) is 4.98 Å². The number of aryl methyl sites for hydroxylation is 2. The number of nitrogens with zero attached hydrogens (tertiary/aromatic N) is 3. The normalized spacial score (nSPS) is 12.1. The molecule has 27 heavy (non-hydrogen) atoms. The van der Waals surface area contributed by atoms with Gasteiger partial charge in [-0.2, -0.15) is 0 Å². The molecule has 6 heteroatoms. The fraction of sp³-hybridized carbons (Fsp3) is 0.381. The maximum Gasteiger partial charge on any atom is 0.243 e. The summed E-state index contributed by atoms with van der Waals surface area (Å²) < 4.78 is 2.09. The smallest absolute Gasteiger partial charge is 0.243 e. The van der Waals surface area contributed by atoms with Crippen molar-refractivity contribution >= 4 is 22.6 Å². The van der Waals surface area contributed by atoms with Crippen LogP contribution in [-0.2, 0) is 11.2 Å². The lowest BCUT2D eigenvalue weighted by molar-refractivity contribution is -0.124. The number of amides is 1. The van der Waals surface area contributed by atoms with Gasteiger partial charge in [-0.25, -0.2) is 4.98 Å². The molecule has 2 N–H and O–H groups in total. The summed E-state index contributed by atoms with van der Waals surface area (Å²) in [5, 5.41) is 6.40. The molecule has 0 fully saturated rings. The van der Waals surface area contributed by atoms with Gasteiger partial charge in [0.25, 0.3) is 0 Å². The Bertz CT molecular complexity index is 918. The van der Waals surface area contributed by atoms with E-state index in [1.807, 2.05) is 50.4 Å². The SMILES string of the molecule is CCc1nc2ccccc2n1[C@H](CC)C(=O)NCCNc1ccncc1C. The summed E-state index contributed by atoms with van der Waals surface area (Å²) >= 11 is 0. The first kappa shape index (κ1) is 18.9. The van der Waals surface area contributed by atoms with Crippen LogP contribution in [0.3, 0.4) is 0 Å². The van der Waals surface area contributed by atoms with Crippen molar-refractivity contribution in [3.63, 3.8) is 0 Å². The molecular formula is C21H27N5O. The standard InChI is InChI=1S/C21H27N5O/c1-4-18(26-19-9-7-6-8-17(19)25-20(26)5-2)21(27)24-13-12-23-16-10-11-22-14-15(16)3/h6-11,14,18H,4-5,12-13H2,1-3H3,(H,22,23)(H,24,27)/t18-/m1/s1. The molecule has 0 aliphatic heterocycles. The van der Waals surface area contributed by atoms with Crippen molar-refractivity contribution in [3.05, 3.63) is 54.1 Å².